The predicted molar refractivity (Wildman–Crippen MR) is 73.9 cm³/mol. The summed E-state index contributed by atoms with van der Waals surface area (Å²) < 4.78 is 9.97. The molecule has 5 heteroatoms. The van der Waals surface area contributed by atoms with Gasteiger partial charge >= 0.3 is 11.9 Å². The third kappa shape index (κ3) is 3.17. The average molecular weight is 275 g/mol. The maximum absolute atomic E-state index is 11.8. The number of hydrogen-bond acceptors (Lipinski definition) is 5. The lowest BCUT2D eigenvalue weighted by atomic mass is 10.1. The molecule has 1 aliphatic rings. The van der Waals surface area contributed by atoms with Crippen LogP contribution in [0.4, 0.5) is 5.69 Å². The normalized spacial score (nSPS) is 14.2. The number of benzene rings is 1. The van der Waals surface area contributed by atoms with Crippen LogP contribution in [0.5, 0.6) is 0 Å². The van der Waals surface area contributed by atoms with E-state index in [-0.39, 0.29) is 24.5 Å². The van der Waals surface area contributed by atoms with E-state index in [0.29, 0.717) is 0 Å². The first-order valence-corrected chi connectivity index (χ1v) is 6.46. The van der Waals surface area contributed by atoms with Crippen molar-refractivity contribution in [2.45, 2.75) is 27.2 Å². The number of carbonyl (C=O) groups is 2. The second kappa shape index (κ2) is 5.77. The van der Waals surface area contributed by atoms with Crippen LogP contribution < -0.4 is 5.32 Å². The average Bonchev–Trinajstić information content (AvgIpc) is 2.69. The number of anilines is 1. The van der Waals surface area contributed by atoms with Crippen LogP contribution in [0.3, 0.4) is 0 Å². The van der Waals surface area contributed by atoms with Crippen molar-refractivity contribution in [1.29, 1.82) is 0 Å². The Morgan fingerprint density at radius 1 is 1.30 bits per heavy atom. The van der Waals surface area contributed by atoms with Crippen molar-refractivity contribution in [3.63, 3.8) is 0 Å². The Balaban J connectivity index is 2.26. The maximum Gasteiger partial charge on any atom is 0.340 e. The number of hydrogen-bond donors (Lipinski definition) is 1. The molecule has 0 radical (unpaired) electrons. The molecule has 0 aliphatic carbocycles. The van der Waals surface area contributed by atoms with E-state index in [1.165, 1.54) is 0 Å². The molecule has 0 saturated carbocycles. The summed E-state index contributed by atoms with van der Waals surface area (Å²) >= 11 is 0. The first-order valence-electron chi connectivity index (χ1n) is 6.46. The minimum absolute atomic E-state index is 0.0635. The van der Waals surface area contributed by atoms with Gasteiger partial charge in [-0.05, 0) is 44.0 Å². The molecule has 5 nitrogen and oxygen atoms in total. The summed E-state index contributed by atoms with van der Waals surface area (Å²) in [5.74, 6) is -0.816. The molecular weight excluding hydrogens is 258 g/mol. The van der Waals surface area contributed by atoms with Gasteiger partial charge in [-0.25, -0.2) is 4.79 Å². The zero-order valence-corrected chi connectivity index (χ0v) is 11.8. The van der Waals surface area contributed by atoms with Gasteiger partial charge < -0.3 is 14.8 Å². The first-order chi connectivity index (χ1) is 9.49. The van der Waals surface area contributed by atoms with Gasteiger partial charge in [-0.3, -0.25) is 4.79 Å². The molecule has 1 aliphatic heterocycles. The van der Waals surface area contributed by atoms with Crippen LogP contribution in [-0.4, -0.2) is 18.5 Å². The van der Waals surface area contributed by atoms with Gasteiger partial charge in [0.15, 0.2) is 0 Å². The maximum atomic E-state index is 11.8. The Hall–Kier alpha value is -2.30. The molecule has 0 unspecified atom stereocenters. The number of esters is 2. The van der Waals surface area contributed by atoms with E-state index in [2.05, 4.69) is 5.32 Å². The highest BCUT2D eigenvalue weighted by atomic mass is 16.6. The number of cyclic esters (lactones) is 1. The SMILES string of the molecule is CCOC(=O)C1=C(Nc2cc(C)cc(C)c2)OC(=O)C1. The molecule has 1 aromatic rings. The number of aryl methyl sites for hydroxylation is 2. The van der Waals surface area contributed by atoms with Crippen LogP contribution in [0.15, 0.2) is 29.7 Å². The van der Waals surface area contributed by atoms with Gasteiger partial charge in [0.25, 0.3) is 0 Å². The first kappa shape index (κ1) is 14.1. The fourth-order valence-corrected chi connectivity index (χ4v) is 2.10. The predicted octanol–water partition coefficient (Wildman–Crippen LogP) is 2.44. The molecule has 0 amide bonds. The molecule has 2 rings (SSSR count). The minimum atomic E-state index is -0.523. The highest BCUT2D eigenvalue weighted by molar-refractivity contribution is 5.98. The van der Waals surface area contributed by atoms with Crippen LogP contribution >= 0.6 is 0 Å². The van der Waals surface area contributed by atoms with Crippen molar-refractivity contribution in [1.82, 2.24) is 0 Å². The molecule has 0 spiro atoms. The summed E-state index contributed by atoms with van der Waals surface area (Å²) in [5, 5.41) is 2.98. The topological polar surface area (TPSA) is 64.6 Å². The van der Waals surface area contributed by atoms with Crippen molar-refractivity contribution in [2.75, 3.05) is 11.9 Å². The Morgan fingerprint density at radius 2 is 1.95 bits per heavy atom. The quantitative estimate of drug-likeness (QED) is 0.855. The third-order valence-corrected chi connectivity index (χ3v) is 2.81. The molecule has 1 N–H and O–H groups in total. The van der Waals surface area contributed by atoms with Crippen LogP contribution in [0.2, 0.25) is 0 Å². The van der Waals surface area contributed by atoms with Gasteiger partial charge in [-0.15, -0.1) is 0 Å². The molecule has 20 heavy (non-hydrogen) atoms. The number of nitrogens with one attached hydrogen (secondary N) is 1. The van der Waals surface area contributed by atoms with Crippen molar-refractivity contribution in [2.24, 2.45) is 0 Å². The van der Waals surface area contributed by atoms with Crippen molar-refractivity contribution >= 4 is 17.6 Å². The summed E-state index contributed by atoms with van der Waals surface area (Å²) in [4.78, 5) is 23.2. The van der Waals surface area contributed by atoms with Gasteiger partial charge in [-0.2, -0.15) is 0 Å². The highest BCUT2D eigenvalue weighted by Crippen LogP contribution is 2.24. The van der Waals surface area contributed by atoms with Gasteiger partial charge in [0, 0.05) is 5.69 Å². The molecular formula is C15H17NO4. The molecule has 0 saturated heterocycles. The second-order valence-electron chi connectivity index (χ2n) is 4.68. The van der Waals surface area contributed by atoms with Gasteiger partial charge in [0.1, 0.15) is 5.57 Å². The van der Waals surface area contributed by atoms with Crippen molar-refractivity contribution in [3.8, 4) is 0 Å². The smallest absolute Gasteiger partial charge is 0.340 e. The van der Waals surface area contributed by atoms with Gasteiger partial charge in [-0.1, -0.05) is 6.07 Å². The Kier molecular flexibility index (Phi) is 4.08. The van der Waals surface area contributed by atoms with Crippen LogP contribution in [0.1, 0.15) is 24.5 Å². The Bertz CT molecular complexity index is 569. The largest absolute Gasteiger partial charge is 0.462 e. The highest BCUT2D eigenvalue weighted by Gasteiger charge is 2.30. The standard InChI is InChI=1S/C15H17NO4/c1-4-19-15(18)12-8-13(17)20-14(12)16-11-6-9(2)5-10(3)7-11/h5-7,16H,4,8H2,1-3H3. The van der Waals surface area contributed by atoms with E-state index >= 15 is 0 Å². The number of ether oxygens (including phenoxy) is 2. The molecule has 0 atom stereocenters. The lowest BCUT2D eigenvalue weighted by Crippen LogP contribution is -2.11. The van der Waals surface area contributed by atoms with E-state index in [1.54, 1.807) is 6.92 Å². The van der Waals surface area contributed by atoms with Gasteiger partial charge in [0.2, 0.25) is 5.88 Å². The van der Waals surface area contributed by atoms with Crippen molar-refractivity contribution < 1.29 is 19.1 Å². The molecule has 0 bridgehead atoms. The van der Waals surface area contributed by atoms with Crippen LogP contribution in [0, 0.1) is 13.8 Å². The van der Waals surface area contributed by atoms with E-state index in [9.17, 15) is 9.59 Å². The molecule has 1 aromatic carbocycles. The third-order valence-electron chi connectivity index (χ3n) is 2.81. The minimum Gasteiger partial charge on any atom is -0.462 e. The molecule has 106 valence electrons. The lowest BCUT2D eigenvalue weighted by Gasteiger charge is -2.10. The zero-order chi connectivity index (χ0) is 14.7. The second-order valence-corrected chi connectivity index (χ2v) is 4.68. The van der Waals surface area contributed by atoms with E-state index in [1.807, 2.05) is 32.0 Å². The molecule has 1 heterocycles. The lowest BCUT2D eigenvalue weighted by molar-refractivity contribution is -0.140. The molecule has 0 fully saturated rings. The summed E-state index contributed by atoms with van der Waals surface area (Å²) in [6.07, 6.45) is -0.0635. The fraction of sp³-hybridized carbons (Fsp3) is 0.333. The van der Waals surface area contributed by atoms with Crippen LogP contribution in [-0.2, 0) is 19.1 Å². The molecule has 0 aromatic heterocycles. The van der Waals surface area contributed by atoms with E-state index < -0.39 is 11.9 Å². The summed E-state index contributed by atoms with van der Waals surface area (Å²) in [7, 11) is 0. The van der Waals surface area contributed by atoms with E-state index in [0.717, 1.165) is 16.8 Å². The fourth-order valence-electron chi connectivity index (χ4n) is 2.10. The Labute approximate surface area is 117 Å². The Morgan fingerprint density at radius 3 is 2.55 bits per heavy atom. The summed E-state index contributed by atoms with van der Waals surface area (Å²) in [6, 6.07) is 5.86. The van der Waals surface area contributed by atoms with Crippen LogP contribution in [0.25, 0.3) is 0 Å². The van der Waals surface area contributed by atoms with Crippen molar-refractivity contribution in [3.05, 3.63) is 40.8 Å². The van der Waals surface area contributed by atoms with Gasteiger partial charge in [0.05, 0.1) is 13.0 Å². The zero-order valence-electron chi connectivity index (χ0n) is 11.8. The summed E-state index contributed by atoms with van der Waals surface area (Å²) in [5.41, 5.74) is 3.16. The summed E-state index contributed by atoms with van der Waals surface area (Å²) in [6.45, 7) is 5.92. The number of rotatable bonds is 4. The van der Waals surface area contributed by atoms with E-state index in [4.69, 9.17) is 9.47 Å². The monoisotopic (exact) mass is 275 g/mol. The number of carbonyl (C=O) groups excluding carboxylic acids is 2.